The molecule has 2 heterocycles. The molecule has 10 heteroatoms. The highest BCUT2D eigenvalue weighted by Crippen LogP contribution is 2.27. The Morgan fingerprint density at radius 1 is 1.03 bits per heavy atom. The second-order valence-corrected chi connectivity index (χ2v) is 9.19. The molecule has 162 valence electrons. The molecule has 3 aromatic rings. The minimum absolute atomic E-state index is 0.0416. The van der Waals surface area contributed by atoms with Crippen LogP contribution in [-0.4, -0.2) is 46.5 Å². The van der Waals surface area contributed by atoms with Crippen LogP contribution in [0, 0.1) is 12.7 Å². The first-order chi connectivity index (χ1) is 14.9. The number of anilines is 1. The van der Waals surface area contributed by atoms with Crippen LogP contribution in [0.3, 0.4) is 0 Å². The van der Waals surface area contributed by atoms with Crippen LogP contribution in [0.25, 0.3) is 5.69 Å². The molecule has 0 atom stereocenters. The number of aromatic nitrogens is 3. The molecule has 0 radical (unpaired) electrons. The monoisotopic (exact) mass is 443 g/mol. The summed E-state index contributed by atoms with van der Waals surface area (Å²) < 4.78 is 42.3. The fourth-order valence-electron chi connectivity index (χ4n) is 3.53. The number of amides is 1. The molecule has 0 unspecified atom stereocenters. The lowest BCUT2D eigenvalue weighted by Gasteiger charge is -2.26. The minimum Gasteiger partial charge on any atom is -0.318 e. The Morgan fingerprint density at radius 3 is 2.42 bits per heavy atom. The van der Waals surface area contributed by atoms with Crippen molar-refractivity contribution in [1.82, 2.24) is 19.1 Å². The van der Waals surface area contributed by atoms with Gasteiger partial charge in [0, 0.05) is 13.1 Å². The standard InChI is InChI=1S/C21H22FN5O3S/c1-15-23-20(25-27(15)17-11-9-16(22)10-12-17)21(28)24-18-7-3-4-8-19(18)31(29,30)26-13-5-2-6-14-26/h3-4,7-12H,2,5-6,13-14H2,1H3,(H,24,28). The van der Waals surface area contributed by atoms with E-state index in [0.29, 0.717) is 24.6 Å². The van der Waals surface area contributed by atoms with E-state index in [9.17, 15) is 17.6 Å². The number of rotatable bonds is 5. The fourth-order valence-corrected chi connectivity index (χ4v) is 5.20. The van der Waals surface area contributed by atoms with Gasteiger partial charge >= 0.3 is 0 Å². The SMILES string of the molecule is Cc1nc(C(=O)Nc2ccccc2S(=O)(=O)N2CCCCC2)nn1-c1ccc(F)cc1. The molecule has 1 aliphatic heterocycles. The topological polar surface area (TPSA) is 97.2 Å². The molecule has 1 amide bonds. The van der Waals surface area contributed by atoms with Gasteiger partial charge in [0.2, 0.25) is 15.8 Å². The Hall–Kier alpha value is -3.11. The van der Waals surface area contributed by atoms with Gasteiger partial charge in [-0.15, -0.1) is 5.10 Å². The first-order valence-corrected chi connectivity index (χ1v) is 11.4. The van der Waals surface area contributed by atoms with E-state index >= 15 is 0 Å². The number of carbonyl (C=O) groups is 1. The van der Waals surface area contributed by atoms with E-state index in [-0.39, 0.29) is 22.2 Å². The fraction of sp³-hybridized carbons (Fsp3) is 0.286. The molecule has 31 heavy (non-hydrogen) atoms. The van der Waals surface area contributed by atoms with Crippen LogP contribution in [0.1, 0.15) is 35.7 Å². The molecule has 4 rings (SSSR count). The molecule has 0 aliphatic carbocycles. The van der Waals surface area contributed by atoms with Crippen LogP contribution in [0.5, 0.6) is 0 Å². The van der Waals surface area contributed by atoms with Gasteiger partial charge in [0.25, 0.3) is 5.91 Å². The smallest absolute Gasteiger partial charge is 0.295 e. The van der Waals surface area contributed by atoms with Gasteiger partial charge < -0.3 is 5.32 Å². The Morgan fingerprint density at radius 2 is 1.71 bits per heavy atom. The maximum absolute atomic E-state index is 13.2. The molecule has 0 bridgehead atoms. The van der Waals surface area contributed by atoms with E-state index in [0.717, 1.165) is 19.3 Å². The lowest BCUT2D eigenvalue weighted by Crippen LogP contribution is -2.36. The van der Waals surface area contributed by atoms with Crippen molar-refractivity contribution in [2.75, 3.05) is 18.4 Å². The number of halogens is 1. The number of hydrogen-bond acceptors (Lipinski definition) is 5. The minimum atomic E-state index is -3.73. The van der Waals surface area contributed by atoms with Crippen molar-refractivity contribution in [1.29, 1.82) is 0 Å². The number of nitrogens with one attached hydrogen (secondary N) is 1. The van der Waals surface area contributed by atoms with Crippen LogP contribution < -0.4 is 5.32 Å². The Labute approximate surface area is 179 Å². The molecule has 8 nitrogen and oxygen atoms in total. The summed E-state index contributed by atoms with van der Waals surface area (Å²) in [7, 11) is -3.73. The molecule has 1 aliphatic rings. The number of aryl methyl sites for hydroxylation is 1. The highest BCUT2D eigenvalue weighted by molar-refractivity contribution is 7.89. The zero-order valence-corrected chi connectivity index (χ0v) is 17.8. The van der Waals surface area contributed by atoms with Crippen LogP contribution >= 0.6 is 0 Å². The van der Waals surface area contributed by atoms with Gasteiger partial charge in [-0.25, -0.2) is 22.5 Å². The summed E-state index contributed by atoms with van der Waals surface area (Å²) in [5, 5.41) is 6.83. The number of carbonyl (C=O) groups excluding carboxylic acids is 1. The average Bonchev–Trinajstić information content (AvgIpc) is 3.17. The van der Waals surface area contributed by atoms with E-state index in [1.807, 2.05) is 0 Å². The van der Waals surface area contributed by atoms with Crippen LogP contribution in [0.2, 0.25) is 0 Å². The van der Waals surface area contributed by atoms with E-state index in [1.54, 1.807) is 25.1 Å². The maximum Gasteiger partial charge on any atom is 0.295 e. The largest absolute Gasteiger partial charge is 0.318 e. The van der Waals surface area contributed by atoms with Gasteiger partial charge in [0.05, 0.1) is 11.4 Å². The number of hydrogen-bond donors (Lipinski definition) is 1. The van der Waals surface area contributed by atoms with Crippen LogP contribution in [0.4, 0.5) is 10.1 Å². The second-order valence-electron chi connectivity index (χ2n) is 7.29. The first kappa shape index (κ1) is 21.1. The summed E-state index contributed by atoms with van der Waals surface area (Å²) in [6.07, 6.45) is 2.64. The van der Waals surface area contributed by atoms with E-state index in [1.165, 1.54) is 39.3 Å². The van der Waals surface area contributed by atoms with Crippen molar-refractivity contribution >= 4 is 21.6 Å². The normalized spacial score (nSPS) is 15.0. The molecule has 2 aromatic carbocycles. The summed E-state index contributed by atoms with van der Waals surface area (Å²) >= 11 is 0. The third-order valence-electron chi connectivity index (χ3n) is 5.11. The Kier molecular flexibility index (Phi) is 5.84. The summed E-state index contributed by atoms with van der Waals surface area (Å²) in [4.78, 5) is 17.0. The summed E-state index contributed by atoms with van der Waals surface area (Å²) in [6, 6.07) is 11.9. The molecule has 0 spiro atoms. The predicted molar refractivity (Wildman–Crippen MR) is 113 cm³/mol. The lowest BCUT2D eigenvalue weighted by atomic mass is 10.2. The molecule has 1 saturated heterocycles. The molecule has 0 saturated carbocycles. The number of piperidine rings is 1. The molecule has 1 fully saturated rings. The van der Waals surface area contributed by atoms with Crippen LogP contribution in [-0.2, 0) is 10.0 Å². The van der Waals surface area contributed by atoms with E-state index in [2.05, 4.69) is 15.4 Å². The molecule has 1 N–H and O–H groups in total. The van der Waals surface area contributed by atoms with Crippen molar-refractivity contribution < 1.29 is 17.6 Å². The number of nitrogens with zero attached hydrogens (tertiary/aromatic N) is 4. The van der Waals surface area contributed by atoms with Gasteiger partial charge in [-0.3, -0.25) is 4.79 Å². The third kappa shape index (κ3) is 4.35. The summed E-state index contributed by atoms with van der Waals surface area (Å²) in [5.41, 5.74) is 0.729. The predicted octanol–water partition coefficient (Wildman–Crippen LogP) is 3.14. The van der Waals surface area contributed by atoms with Gasteiger partial charge in [-0.2, -0.15) is 4.31 Å². The summed E-state index contributed by atoms with van der Waals surface area (Å²) in [6.45, 7) is 2.60. The van der Waals surface area contributed by atoms with E-state index < -0.39 is 15.9 Å². The van der Waals surface area contributed by atoms with Gasteiger partial charge in [0.15, 0.2) is 0 Å². The zero-order chi connectivity index (χ0) is 22.0. The number of benzene rings is 2. The quantitative estimate of drug-likeness (QED) is 0.653. The Bertz CT molecular complexity index is 1200. The maximum atomic E-state index is 13.2. The zero-order valence-electron chi connectivity index (χ0n) is 17.0. The van der Waals surface area contributed by atoms with Crippen molar-refractivity contribution in [3.8, 4) is 5.69 Å². The van der Waals surface area contributed by atoms with Crippen molar-refractivity contribution in [3.05, 3.63) is 66.0 Å². The van der Waals surface area contributed by atoms with Crippen molar-refractivity contribution in [3.63, 3.8) is 0 Å². The highest BCUT2D eigenvalue weighted by atomic mass is 32.2. The lowest BCUT2D eigenvalue weighted by molar-refractivity contribution is 0.101. The molecular weight excluding hydrogens is 421 g/mol. The summed E-state index contributed by atoms with van der Waals surface area (Å²) in [5.74, 6) is -0.700. The van der Waals surface area contributed by atoms with Gasteiger partial charge in [-0.1, -0.05) is 18.6 Å². The molecular formula is C21H22FN5O3S. The van der Waals surface area contributed by atoms with Gasteiger partial charge in [0.1, 0.15) is 16.5 Å². The highest BCUT2D eigenvalue weighted by Gasteiger charge is 2.29. The average molecular weight is 444 g/mol. The Balaban J connectivity index is 1.60. The first-order valence-electron chi connectivity index (χ1n) is 9.96. The third-order valence-corrected chi connectivity index (χ3v) is 7.07. The second kappa shape index (κ2) is 8.56. The van der Waals surface area contributed by atoms with Crippen molar-refractivity contribution in [2.45, 2.75) is 31.1 Å². The number of para-hydroxylation sites is 1. The number of sulfonamides is 1. The van der Waals surface area contributed by atoms with E-state index in [4.69, 9.17) is 0 Å². The molecule has 1 aromatic heterocycles. The van der Waals surface area contributed by atoms with Gasteiger partial charge in [-0.05, 0) is 56.2 Å². The van der Waals surface area contributed by atoms with Crippen LogP contribution in [0.15, 0.2) is 53.4 Å². The van der Waals surface area contributed by atoms with Crippen molar-refractivity contribution in [2.24, 2.45) is 0 Å².